The van der Waals surface area contributed by atoms with Crippen molar-refractivity contribution in [2.24, 2.45) is 0 Å². The Labute approximate surface area is 140 Å². The molecular weight excluding hydrogens is 308 g/mol. The number of fused-ring (bicyclic) bond motifs is 1. The number of H-pyrrole nitrogens is 1. The van der Waals surface area contributed by atoms with E-state index in [0.29, 0.717) is 31.6 Å². The molecule has 1 saturated heterocycles. The van der Waals surface area contributed by atoms with Crippen molar-refractivity contribution >= 4 is 22.6 Å². The van der Waals surface area contributed by atoms with Gasteiger partial charge in [-0.15, -0.1) is 0 Å². The fourth-order valence-corrected chi connectivity index (χ4v) is 2.83. The summed E-state index contributed by atoms with van der Waals surface area (Å²) < 4.78 is 5.42. The highest BCUT2D eigenvalue weighted by Gasteiger charge is 2.26. The molecule has 2 heterocycles. The number of hydrogen-bond donors (Lipinski definition) is 1. The summed E-state index contributed by atoms with van der Waals surface area (Å²) in [6.45, 7) is 8.13. The van der Waals surface area contributed by atoms with Crippen molar-refractivity contribution in [3.63, 3.8) is 0 Å². The standard InChI is InChI=1S/C17H22N4O3/c1-17(2,3)24-16(23)21-9-7-20(8-10-21)14-6-4-5-12-13(14)11-18-19-15(12)22/h4-6,11H,7-10H2,1-3H3,(H,19,22). The first-order valence-electron chi connectivity index (χ1n) is 8.04. The Morgan fingerprint density at radius 2 is 1.88 bits per heavy atom. The monoisotopic (exact) mass is 330 g/mol. The molecule has 7 nitrogen and oxygen atoms in total. The van der Waals surface area contributed by atoms with Gasteiger partial charge in [-0.2, -0.15) is 5.10 Å². The lowest BCUT2D eigenvalue weighted by molar-refractivity contribution is 0.0241. The van der Waals surface area contributed by atoms with Gasteiger partial charge in [0.15, 0.2) is 0 Å². The third-order valence-corrected chi connectivity index (χ3v) is 3.96. The van der Waals surface area contributed by atoms with Gasteiger partial charge in [-0.3, -0.25) is 4.79 Å². The molecule has 0 bridgehead atoms. The van der Waals surface area contributed by atoms with Crippen molar-refractivity contribution in [3.05, 3.63) is 34.7 Å². The minimum Gasteiger partial charge on any atom is -0.444 e. The Morgan fingerprint density at radius 1 is 1.17 bits per heavy atom. The molecule has 0 saturated carbocycles. The van der Waals surface area contributed by atoms with Crippen LogP contribution in [0.1, 0.15) is 20.8 Å². The predicted molar refractivity (Wildman–Crippen MR) is 92.4 cm³/mol. The van der Waals surface area contributed by atoms with Crippen LogP contribution in [0.5, 0.6) is 0 Å². The van der Waals surface area contributed by atoms with E-state index in [1.165, 1.54) is 0 Å². The number of rotatable bonds is 1. The molecule has 1 fully saturated rings. The van der Waals surface area contributed by atoms with Crippen LogP contribution in [0.25, 0.3) is 10.8 Å². The molecule has 1 aromatic carbocycles. The van der Waals surface area contributed by atoms with Crippen LogP contribution < -0.4 is 10.5 Å². The average molecular weight is 330 g/mol. The largest absolute Gasteiger partial charge is 0.444 e. The highest BCUT2D eigenvalue weighted by Crippen LogP contribution is 2.25. The van der Waals surface area contributed by atoms with Crippen molar-refractivity contribution in [2.75, 3.05) is 31.1 Å². The number of carbonyl (C=O) groups is 1. The lowest BCUT2D eigenvalue weighted by Crippen LogP contribution is -2.50. The molecule has 0 atom stereocenters. The van der Waals surface area contributed by atoms with E-state index in [4.69, 9.17) is 4.74 Å². The zero-order valence-corrected chi connectivity index (χ0v) is 14.2. The van der Waals surface area contributed by atoms with Gasteiger partial charge < -0.3 is 14.5 Å². The molecule has 2 aromatic rings. The number of amides is 1. The van der Waals surface area contributed by atoms with Gasteiger partial charge in [0.05, 0.1) is 11.6 Å². The molecule has 24 heavy (non-hydrogen) atoms. The molecule has 0 radical (unpaired) electrons. The summed E-state index contributed by atoms with van der Waals surface area (Å²) in [6, 6.07) is 5.63. The predicted octanol–water partition coefficient (Wildman–Crippen LogP) is 1.98. The Kier molecular flexibility index (Phi) is 4.17. The zero-order chi connectivity index (χ0) is 17.3. The van der Waals surface area contributed by atoms with Crippen LogP contribution in [0.4, 0.5) is 10.5 Å². The van der Waals surface area contributed by atoms with Crippen LogP contribution in [-0.4, -0.2) is 53.0 Å². The van der Waals surface area contributed by atoms with E-state index in [9.17, 15) is 9.59 Å². The zero-order valence-electron chi connectivity index (χ0n) is 14.2. The first-order valence-corrected chi connectivity index (χ1v) is 8.04. The Hall–Kier alpha value is -2.57. The van der Waals surface area contributed by atoms with Crippen LogP contribution in [0.2, 0.25) is 0 Å². The fraction of sp³-hybridized carbons (Fsp3) is 0.471. The first-order chi connectivity index (χ1) is 11.3. The maximum atomic E-state index is 12.1. The van der Waals surface area contributed by atoms with E-state index in [-0.39, 0.29) is 11.7 Å². The van der Waals surface area contributed by atoms with Gasteiger partial charge in [0.2, 0.25) is 0 Å². The summed E-state index contributed by atoms with van der Waals surface area (Å²) in [6.07, 6.45) is 1.39. The third-order valence-electron chi connectivity index (χ3n) is 3.96. The summed E-state index contributed by atoms with van der Waals surface area (Å²) in [5, 5.41) is 7.81. The van der Waals surface area contributed by atoms with Crippen molar-refractivity contribution in [2.45, 2.75) is 26.4 Å². The van der Waals surface area contributed by atoms with Crippen molar-refractivity contribution < 1.29 is 9.53 Å². The van der Waals surface area contributed by atoms with E-state index in [2.05, 4.69) is 15.1 Å². The molecule has 7 heteroatoms. The number of nitrogens with zero attached hydrogens (tertiary/aromatic N) is 3. The molecule has 128 valence electrons. The van der Waals surface area contributed by atoms with Crippen LogP contribution in [0, 0.1) is 0 Å². The number of aromatic amines is 1. The SMILES string of the molecule is CC(C)(C)OC(=O)N1CCN(c2cccc3c(=O)[nH]ncc23)CC1. The number of aromatic nitrogens is 2. The molecule has 0 spiro atoms. The number of piperazine rings is 1. The van der Waals surface area contributed by atoms with Crippen LogP contribution in [0.3, 0.4) is 0 Å². The molecular formula is C17H22N4O3. The quantitative estimate of drug-likeness (QED) is 0.865. The second kappa shape index (κ2) is 6.14. The number of nitrogens with one attached hydrogen (secondary N) is 1. The van der Waals surface area contributed by atoms with E-state index in [1.54, 1.807) is 17.2 Å². The smallest absolute Gasteiger partial charge is 0.410 e. The highest BCUT2D eigenvalue weighted by atomic mass is 16.6. The maximum Gasteiger partial charge on any atom is 0.410 e. The van der Waals surface area contributed by atoms with Gasteiger partial charge in [-0.1, -0.05) is 6.07 Å². The minimum absolute atomic E-state index is 0.193. The first kappa shape index (κ1) is 16.3. The molecule has 1 aromatic heterocycles. The second-order valence-electron chi connectivity index (χ2n) is 6.89. The van der Waals surface area contributed by atoms with Gasteiger partial charge in [0, 0.05) is 37.3 Å². The lowest BCUT2D eigenvalue weighted by Gasteiger charge is -2.37. The van der Waals surface area contributed by atoms with Crippen molar-refractivity contribution in [3.8, 4) is 0 Å². The van der Waals surface area contributed by atoms with E-state index in [1.807, 2.05) is 32.9 Å². The number of anilines is 1. The molecule has 1 N–H and O–H groups in total. The summed E-state index contributed by atoms with van der Waals surface area (Å²) in [4.78, 5) is 27.9. The number of ether oxygens (including phenoxy) is 1. The maximum absolute atomic E-state index is 12.1. The molecule has 3 rings (SSSR count). The third kappa shape index (κ3) is 3.34. The summed E-state index contributed by atoms with van der Waals surface area (Å²) in [7, 11) is 0. The highest BCUT2D eigenvalue weighted by molar-refractivity contribution is 5.93. The van der Waals surface area contributed by atoms with Gasteiger partial charge in [-0.25, -0.2) is 9.89 Å². The van der Waals surface area contributed by atoms with Crippen molar-refractivity contribution in [1.82, 2.24) is 15.1 Å². The van der Waals surface area contributed by atoms with Crippen LogP contribution >= 0.6 is 0 Å². The summed E-state index contributed by atoms with van der Waals surface area (Å²) in [5.74, 6) is 0. The molecule has 0 aliphatic carbocycles. The van der Waals surface area contributed by atoms with E-state index >= 15 is 0 Å². The summed E-state index contributed by atoms with van der Waals surface area (Å²) in [5.41, 5.74) is 0.285. The Balaban J connectivity index is 1.75. The molecule has 1 aliphatic rings. The van der Waals surface area contributed by atoms with Gasteiger partial charge in [-0.05, 0) is 32.9 Å². The number of hydrogen-bond acceptors (Lipinski definition) is 5. The molecule has 1 amide bonds. The van der Waals surface area contributed by atoms with Crippen LogP contribution in [0.15, 0.2) is 29.2 Å². The summed E-state index contributed by atoms with van der Waals surface area (Å²) >= 11 is 0. The molecule has 0 unspecified atom stereocenters. The Morgan fingerprint density at radius 3 is 2.54 bits per heavy atom. The van der Waals surface area contributed by atoms with Gasteiger partial charge in [0.1, 0.15) is 5.60 Å². The lowest BCUT2D eigenvalue weighted by atomic mass is 10.1. The van der Waals surface area contributed by atoms with Crippen LogP contribution in [-0.2, 0) is 4.74 Å². The topological polar surface area (TPSA) is 78.5 Å². The average Bonchev–Trinajstić information content (AvgIpc) is 2.53. The fourth-order valence-electron chi connectivity index (χ4n) is 2.83. The number of benzene rings is 1. The normalized spacial score (nSPS) is 15.6. The second-order valence-corrected chi connectivity index (χ2v) is 6.89. The van der Waals surface area contributed by atoms with Crippen molar-refractivity contribution in [1.29, 1.82) is 0 Å². The van der Waals surface area contributed by atoms with Gasteiger partial charge >= 0.3 is 6.09 Å². The minimum atomic E-state index is -0.490. The Bertz CT molecular complexity index is 801. The van der Waals surface area contributed by atoms with Gasteiger partial charge in [0.25, 0.3) is 5.56 Å². The molecule has 1 aliphatic heterocycles. The number of carbonyl (C=O) groups excluding carboxylic acids is 1. The van der Waals surface area contributed by atoms with E-state index in [0.717, 1.165) is 11.1 Å². The van der Waals surface area contributed by atoms with E-state index < -0.39 is 5.60 Å².